The third-order valence-corrected chi connectivity index (χ3v) is 6.98. The molecule has 146 valence electrons. The molecule has 0 saturated carbocycles. The molecule has 1 rings (SSSR count). The number of rotatable bonds is 12. The van der Waals surface area contributed by atoms with Gasteiger partial charge in [-0.1, -0.05) is 103 Å². The third-order valence-electron chi connectivity index (χ3n) is 5.40. The van der Waals surface area contributed by atoms with Crippen molar-refractivity contribution in [2.75, 3.05) is 0 Å². The van der Waals surface area contributed by atoms with Gasteiger partial charge in [-0.2, -0.15) is 8.42 Å². The molecule has 1 N–H and O–H groups in total. The molecule has 4 heteroatoms. The second-order valence-electron chi connectivity index (χ2n) is 8.28. The van der Waals surface area contributed by atoms with Gasteiger partial charge in [-0.25, -0.2) is 0 Å². The molecular weight excluding hydrogens is 332 g/mol. The van der Waals surface area contributed by atoms with E-state index < -0.39 is 14.9 Å². The van der Waals surface area contributed by atoms with E-state index in [0.29, 0.717) is 6.42 Å². The van der Waals surface area contributed by atoms with Crippen molar-refractivity contribution < 1.29 is 13.0 Å². The lowest BCUT2D eigenvalue weighted by molar-refractivity contribution is 0.436. The van der Waals surface area contributed by atoms with Crippen LogP contribution in [0.25, 0.3) is 0 Å². The van der Waals surface area contributed by atoms with E-state index in [9.17, 15) is 13.0 Å². The predicted octanol–water partition coefficient (Wildman–Crippen LogP) is 6.47. The largest absolute Gasteiger partial charge is 0.285 e. The number of allylic oxidation sites excluding steroid dienone is 2. The number of hydrogen-bond acceptors (Lipinski definition) is 2. The topological polar surface area (TPSA) is 54.4 Å². The summed E-state index contributed by atoms with van der Waals surface area (Å²) in [5.74, 6) is 0. The molecule has 0 amide bonds. The summed E-state index contributed by atoms with van der Waals surface area (Å²) < 4.78 is 32.8. The Balaban J connectivity index is 2.41. The highest BCUT2D eigenvalue weighted by atomic mass is 32.2. The first-order valence-corrected chi connectivity index (χ1v) is 11.5. The van der Waals surface area contributed by atoms with E-state index in [0.717, 1.165) is 24.8 Å². The Morgan fingerprint density at radius 2 is 1.36 bits per heavy atom. The van der Waals surface area contributed by atoms with Crippen molar-refractivity contribution in [2.45, 2.75) is 103 Å². The average Bonchev–Trinajstić information content (AvgIpc) is 2.49. The van der Waals surface area contributed by atoms with Crippen LogP contribution < -0.4 is 0 Å². The fourth-order valence-corrected chi connectivity index (χ4v) is 4.89. The van der Waals surface area contributed by atoms with Crippen molar-refractivity contribution in [1.29, 1.82) is 0 Å². The molecule has 1 aliphatic carbocycles. The maximum Gasteiger partial charge on any atom is 0.278 e. The van der Waals surface area contributed by atoms with Gasteiger partial charge in [-0.15, -0.1) is 0 Å². The molecule has 1 aliphatic rings. The Kier molecular flexibility index (Phi) is 8.90. The minimum Gasteiger partial charge on any atom is -0.285 e. The fraction of sp³-hybridized carbons (Fsp3) is 0.810. The monoisotopic (exact) mass is 370 g/mol. The molecule has 0 saturated heterocycles. The van der Waals surface area contributed by atoms with E-state index in [1.54, 1.807) is 6.08 Å². The Hall–Kier alpha value is -0.610. The van der Waals surface area contributed by atoms with Gasteiger partial charge in [0.2, 0.25) is 0 Å². The van der Waals surface area contributed by atoms with Crippen molar-refractivity contribution in [3.63, 3.8) is 0 Å². The van der Waals surface area contributed by atoms with Gasteiger partial charge < -0.3 is 0 Å². The summed E-state index contributed by atoms with van der Waals surface area (Å²) >= 11 is 0. The molecule has 0 heterocycles. The van der Waals surface area contributed by atoms with Crippen LogP contribution in [0.4, 0.5) is 0 Å². The lowest BCUT2D eigenvalue weighted by Crippen LogP contribution is -2.40. The minimum atomic E-state index is -4.15. The van der Waals surface area contributed by atoms with E-state index in [4.69, 9.17) is 0 Å². The Morgan fingerprint density at radius 3 is 1.80 bits per heavy atom. The van der Waals surface area contributed by atoms with Crippen LogP contribution in [-0.4, -0.2) is 17.7 Å². The van der Waals surface area contributed by atoms with Crippen molar-refractivity contribution in [2.24, 2.45) is 5.41 Å². The molecule has 3 nitrogen and oxygen atoms in total. The van der Waals surface area contributed by atoms with Gasteiger partial charge in [0, 0.05) is 5.41 Å². The average molecular weight is 371 g/mol. The molecule has 0 spiro atoms. The maximum absolute atomic E-state index is 12.1. The lowest BCUT2D eigenvalue weighted by Gasteiger charge is -2.35. The van der Waals surface area contributed by atoms with Crippen LogP contribution in [-0.2, 0) is 10.1 Å². The van der Waals surface area contributed by atoms with Crippen LogP contribution in [0.5, 0.6) is 0 Å². The highest BCUT2D eigenvalue weighted by Crippen LogP contribution is 2.41. The summed E-state index contributed by atoms with van der Waals surface area (Å²) in [6.45, 7) is 8.15. The molecular formula is C21H38O3S. The lowest BCUT2D eigenvalue weighted by atomic mass is 9.79. The number of hydrogen-bond donors (Lipinski definition) is 1. The highest BCUT2D eigenvalue weighted by molar-refractivity contribution is 7.87. The quantitative estimate of drug-likeness (QED) is 0.243. The molecule has 0 bridgehead atoms. The Labute approximate surface area is 155 Å². The van der Waals surface area contributed by atoms with Crippen LogP contribution in [0, 0.1) is 5.41 Å². The molecule has 0 aromatic carbocycles. The molecule has 0 aromatic rings. The Bertz CT molecular complexity index is 558. The van der Waals surface area contributed by atoms with Gasteiger partial charge >= 0.3 is 0 Å². The summed E-state index contributed by atoms with van der Waals surface area (Å²) in [4.78, 5) is 0. The van der Waals surface area contributed by atoms with Crippen LogP contribution in [0.3, 0.4) is 0 Å². The SMILES string of the molecule is CCCCCCCCCCCCC1(S(=O)(=O)O)C=CC(C)(C)C=C1C. The van der Waals surface area contributed by atoms with Gasteiger partial charge in [-0.05, 0) is 18.9 Å². The van der Waals surface area contributed by atoms with Crippen LogP contribution in [0.2, 0.25) is 0 Å². The highest BCUT2D eigenvalue weighted by Gasteiger charge is 2.44. The summed E-state index contributed by atoms with van der Waals surface area (Å²) in [7, 11) is -4.15. The molecule has 0 aliphatic heterocycles. The van der Waals surface area contributed by atoms with Gasteiger partial charge in [0.15, 0.2) is 0 Å². The molecule has 0 radical (unpaired) electrons. The predicted molar refractivity (Wildman–Crippen MR) is 107 cm³/mol. The summed E-state index contributed by atoms with van der Waals surface area (Å²) in [5, 5.41) is 0. The molecule has 25 heavy (non-hydrogen) atoms. The summed E-state index contributed by atoms with van der Waals surface area (Å²) in [5.41, 5.74) is 0.592. The molecule has 1 atom stereocenters. The van der Waals surface area contributed by atoms with Gasteiger partial charge in [0.1, 0.15) is 4.75 Å². The van der Waals surface area contributed by atoms with Crippen LogP contribution >= 0.6 is 0 Å². The van der Waals surface area contributed by atoms with Gasteiger partial charge in [0.25, 0.3) is 10.1 Å². The van der Waals surface area contributed by atoms with E-state index in [-0.39, 0.29) is 5.41 Å². The van der Waals surface area contributed by atoms with Crippen molar-refractivity contribution in [3.8, 4) is 0 Å². The minimum absolute atomic E-state index is 0.157. The van der Waals surface area contributed by atoms with E-state index in [1.807, 2.05) is 32.9 Å². The summed E-state index contributed by atoms with van der Waals surface area (Å²) in [6, 6.07) is 0. The second kappa shape index (κ2) is 9.91. The first-order valence-electron chi connectivity index (χ1n) is 10.0. The zero-order chi connectivity index (χ0) is 19.0. The second-order valence-corrected chi connectivity index (χ2v) is 9.96. The molecule has 0 aromatic heterocycles. The molecule has 1 unspecified atom stereocenters. The van der Waals surface area contributed by atoms with Gasteiger partial charge in [-0.3, -0.25) is 4.55 Å². The van der Waals surface area contributed by atoms with Crippen molar-refractivity contribution in [3.05, 3.63) is 23.8 Å². The Morgan fingerprint density at radius 1 is 0.880 bits per heavy atom. The summed E-state index contributed by atoms with van der Waals surface area (Å²) in [6.07, 6.45) is 18.2. The standard InChI is InChI=1S/C21H38O3S/c1-5-6-7-8-9-10-11-12-13-14-15-21(25(22,23)24)17-16-20(3,4)18-19(21)2/h16-18H,5-15H2,1-4H3,(H,22,23,24). The normalized spacial score (nSPS) is 22.8. The first kappa shape index (κ1) is 22.4. The first-order chi connectivity index (χ1) is 11.6. The fourth-order valence-electron chi connectivity index (χ4n) is 3.78. The van der Waals surface area contributed by atoms with E-state index >= 15 is 0 Å². The van der Waals surface area contributed by atoms with Gasteiger partial charge in [0.05, 0.1) is 0 Å². The van der Waals surface area contributed by atoms with Crippen LogP contribution in [0.15, 0.2) is 23.8 Å². The zero-order valence-electron chi connectivity index (χ0n) is 16.7. The smallest absolute Gasteiger partial charge is 0.278 e. The molecule has 0 fully saturated rings. The van der Waals surface area contributed by atoms with E-state index in [2.05, 4.69) is 6.92 Å². The van der Waals surface area contributed by atoms with Crippen molar-refractivity contribution >= 4 is 10.1 Å². The maximum atomic E-state index is 12.1. The van der Waals surface area contributed by atoms with Crippen LogP contribution in [0.1, 0.15) is 98.3 Å². The third kappa shape index (κ3) is 6.90. The number of unbranched alkanes of at least 4 members (excludes halogenated alkanes) is 9. The zero-order valence-corrected chi connectivity index (χ0v) is 17.5. The van der Waals surface area contributed by atoms with Crippen molar-refractivity contribution in [1.82, 2.24) is 0 Å². The van der Waals surface area contributed by atoms with E-state index in [1.165, 1.54) is 44.9 Å².